The summed E-state index contributed by atoms with van der Waals surface area (Å²) in [6.07, 6.45) is 3.55. The van der Waals surface area contributed by atoms with Crippen molar-refractivity contribution in [2.45, 2.75) is 50.9 Å². The Morgan fingerprint density at radius 1 is 1.32 bits per heavy atom. The molecule has 0 bridgehead atoms. The summed E-state index contributed by atoms with van der Waals surface area (Å²) < 4.78 is 0. The highest BCUT2D eigenvalue weighted by molar-refractivity contribution is 6.04. The number of unbranched alkanes of at least 4 members (excludes halogenated alkanes) is 1. The highest BCUT2D eigenvalue weighted by Crippen LogP contribution is 2.26. The molecule has 0 aromatic carbocycles. The number of hydrogen-bond donors (Lipinski definition) is 1. The summed E-state index contributed by atoms with van der Waals surface area (Å²) in [6.45, 7) is 4.27. The molecule has 1 N–H and O–H groups in total. The van der Waals surface area contributed by atoms with Gasteiger partial charge in [0.25, 0.3) is 5.91 Å². The summed E-state index contributed by atoms with van der Waals surface area (Å²) in [6, 6.07) is -0.0479. The smallest absolute Gasteiger partial charge is 0.328 e. The van der Waals surface area contributed by atoms with Gasteiger partial charge in [-0.3, -0.25) is 14.7 Å². The van der Waals surface area contributed by atoms with Crippen LogP contribution in [0.5, 0.6) is 0 Å². The number of guanidine groups is 1. The summed E-state index contributed by atoms with van der Waals surface area (Å²) in [7, 11) is 5.91. The maximum absolute atomic E-state index is 13.0. The number of fused-ring (bicyclic) bond motifs is 3. The summed E-state index contributed by atoms with van der Waals surface area (Å²) in [5.41, 5.74) is 0. The predicted molar refractivity (Wildman–Crippen MR) is 96.2 cm³/mol. The van der Waals surface area contributed by atoms with E-state index in [-0.39, 0.29) is 24.1 Å². The second-order valence-electron chi connectivity index (χ2n) is 7.48. The van der Waals surface area contributed by atoms with Gasteiger partial charge in [0, 0.05) is 32.7 Å². The fourth-order valence-corrected chi connectivity index (χ4v) is 3.72. The Hall–Kier alpha value is -1.83. The number of urea groups is 1. The third-order valence-corrected chi connectivity index (χ3v) is 5.61. The van der Waals surface area contributed by atoms with Crippen molar-refractivity contribution >= 4 is 17.9 Å². The Morgan fingerprint density at radius 3 is 2.80 bits per heavy atom. The minimum Gasteiger partial charge on any atom is -0.334 e. The van der Waals surface area contributed by atoms with Crippen molar-refractivity contribution in [3.05, 3.63) is 0 Å². The van der Waals surface area contributed by atoms with Gasteiger partial charge in [-0.15, -0.1) is 0 Å². The van der Waals surface area contributed by atoms with Crippen molar-refractivity contribution < 1.29 is 9.59 Å². The van der Waals surface area contributed by atoms with Gasteiger partial charge in [0.05, 0.1) is 0 Å². The topological polar surface area (TPSA) is 71.5 Å². The number of imide groups is 1. The quantitative estimate of drug-likeness (QED) is 0.701. The molecule has 8 nitrogen and oxygen atoms in total. The lowest BCUT2D eigenvalue weighted by Crippen LogP contribution is -2.66. The highest BCUT2D eigenvalue weighted by atomic mass is 16.2. The normalized spacial score (nSPS) is 27.2. The van der Waals surface area contributed by atoms with E-state index < -0.39 is 0 Å². The standard InChI is InChI=1S/C17H30N6O2/c1-12(20(2)3)8-5-6-10-23-15(24)13-14(21(4)17(23)25)19-16-18-9-7-11-22(13)16/h12-14H,5-11H2,1-4H3,(H,18,19)/t12-,13?,14?/m1/s1. The fraction of sp³-hybridized carbons (Fsp3) is 0.824. The molecule has 8 heteroatoms. The molecule has 0 radical (unpaired) electrons. The second-order valence-corrected chi connectivity index (χ2v) is 7.48. The Bertz CT molecular complexity index is 563. The van der Waals surface area contributed by atoms with Crippen molar-refractivity contribution in [2.75, 3.05) is 40.8 Å². The zero-order valence-corrected chi connectivity index (χ0v) is 15.7. The summed E-state index contributed by atoms with van der Waals surface area (Å²) in [5.74, 6) is 0.671. The van der Waals surface area contributed by atoms with Gasteiger partial charge in [-0.05, 0) is 40.3 Å². The molecule has 25 heavy (non-hydrogen) atoms. The number of hydrogen-bond acceptors (Lipinski definition) is 6. The Kier molecular flexibility index (Phi) is 5.17. The number of carbonyl (C=O) groups is 2. The van der Waals surface area contributed by atoms with Crippen LogP contribution in [0.15, 0.2) is 4.99 Å². The fourth-order valence-electron chi connectivity index (χ4n) is 3.72. The Labute approximate surface area is 149 Å². The van der Waals surface area contributed by atoms with Crippen LogP contribution in [0.25, 0.3) is 0 Å². The SMILES string of the molecule is C[C@H](CCCCN1C(=O)C2C(NC3=NCCCN32)N(C)C1=O)N(C)C. The predicted octanol–water partition coefficient (Wildman–Crippen LogP) is 0.360. The van der Waals surface area contributed by atoms with Gasteiger partial charge in [0.2, 0.25) is 0 Å². The molecule has 3 aliphatic rings. The molecule has 3 amide bonds. The minimum absolute atomic E-state index is 0.0895. The van der Waals surface area contributed by atoms with Crippen LogP contribution in [0.2, 0.25) is 0 Å². The van der Waals surface area contributed by atoms with Crippen LogP contribution in [0, 0.1) is 0 Å². The van der Waals surface area contributed by atoms with Crippen LogP contribution < -0.4 is 5.32 Å². The van der Waals surface area contributed by atoms with Crippen LogP contribution in [0.1, 0.15) is 32.6 Å². The van der Waals surface area contributed by atoms with Crippen molar-refractivity contribution in [1.29, 1.82) is 0 Å². The first-order chi connectivity index (χ1) is 11.9. The van der Waals surface area contributed by atoms with Gasteiger partial charge in [-0.25, -0.2) is 4.79 Å². The van der Waals surface area contributed by atoms with E-state index in [1.807, 2.05) is 4.90 Å². The van der Waals surface area contributed by atoms with E-state index in [1.54, 1.807) is 11.9 Å². The zero-order chi connectivity index (χ0) is 18.1. The second kappa shape index (κ2) is 7.19. The highest BCUT2D eigenvalue weighted by Gasteiger charge is 2.53. The average molecular weight is 350 g/mol. The molecule has 0 aromatic heterocycles. The van der Waals surface area contributed by atoms with Crippen LogP contribution in [0.3, 0.4) is 0 Å². The van der Waals surface area contributed by atoms with Crippen molar-refractivity contribution in [2.24, 2.45) is 4.99 Å². The average Bonchev–Trinajstić information content (AvgIpc) is 2.98. The number of likely N-dealkylation sites (N-methyl/N-ethyl adjacent to an activating group) is 1. The Morgan fingerprint density at radius 2 is 2.08 bits per heavy atom. The molecular formula is C17H30N6O2. The van der Waals surface area contributed by atoms with Gasteiger partial charge in [0.15, 0.2) is 12.0 Å². The maximum Gasteiger partial charge on any atom is 0.328 e. The van der Waals surface area contributed by atoms with E-state index in [0.717, 1.165) is 44.7 Å². The van der Waals surface area contributed by atoms with Crippen molar-refractivity contribution in [3.63, 3.8) is 0 Å². The molecule has 3 heterocycles. The lowest BCUT2D eigenvalue weighted by Gasteiger charge is -2.41. The van der Waals surface area contributed by atoms with Gasteiger partial charge in [-0.2, -0.15) is 0 Å². The first-order valence-corrected chi connectivity index (χ1v) is 9.24. The summed E-state index contributed by atoms with van der Waals surface area (Å²) in [4.78, 5) is 37.4. The monoisotopic (exact) mass is 350 g/mol. The number of carbonyl (C=O) groups excluding carboxylic acids is 2. The first-order valence-electron chi connectivity index (χ1n) is 9.24. The number of aliphatic imine (C=N–C) groups is 1. The lowest BCUT2D eigenvalue weighted by molar-refractivity contribution is -0.137. The third kappa shape index (κ3) is 3.31. The molecule has 2 saturated heterocycles. The third-order valence-electron chi connectivity index (χ3n) is 5.61. The van der Waals surface area contributed by atoms with Crippen LogP contribution in [0.4, 0.5) is 4.79 Å². The molecule has 0 saturated carbocycles. The number of amides is 3. The molecule has 0 aliphatic carbocycles. The zero-order valence-electron chi connectivity index (χ0n) is 15.7. The van der Waals surface area contributed by atoms with Crippen molar-refractivity contribution in [3.8, 4) is 0 Å². The van der Waals surface area contributed by atoms with Crippen LogP contribution >= 0.6 is 0 Å². The van der Waals surface area contributed by atoms with Crippen LogP contribution in [-0.2, 0) is 4.79 Å². The molecule has 2 fully saturated rings. The van der Waals surface area contributed by atoms with Gasteiger partial charge in [-0.1, -0.05) is 6.42 Å². The maximum atomic E-state index is 13.0. The molecule has 0 spiro atoms. The largest absolute Gasteiger partial charge is 0.334 e. The summed E-state index contributed by atoms with van der Waals surface area (Å²) in [5, 5.41) is 3.25. The molecule has 3 atom stereocenters. The van der Waals surface area contributed by atoms with E-state index in [0.29, 0.717) is 12.6 Å². The van der Waals surface area contributed by atoms with Crippen LogP contribution in [-0.4, -0.2) is 96.5 Å². The minimum atomic E-state index is -0.345. The van der Waals surface area contributed by atoms with Gasteiger partial charge < -0.3 is 20.0 Å². The molecular weight excluding hydrogens is 320 g/mol. The first kappa shape index (κ1) is 18.0. The van der Waals surface area contributed by atoms with E-state index in [2.05, 4.69) is 36.2 Å². The van der Waals surface area contributed by atoms with E-state index in [1.165, 1.54) is 4.90 Å². The van der Waals surface area contributed by atoms with Gasteiger partial charge >= 0.3 is 6.03 Å². The molecule has 3 aliphatic heterocycles. The van der Waals surface area contributed by atoms with Crippen molar-refractivity contribution in [1.82, 2.24) is 24.9 Å². The molecule has 2 unspecified atom stereocenters. The van der Waals surface area contributed by atoms with Gasteiger partial charge in [0.1, 0.15) is 6.17 Å². The van der Waals surface area contributed by atoms with E-state index in [9.17, 15) is 9.59 Å². The number of nitrogens with one attached hydrogen (secondary N) is 1. The number of nitrogens with zero attached hydrogens (tertiary/aromatic N) is 5. The Balaban J connectivity index is 1.63. The lowest BCUT2D eigenvalue weighted by atomic mass is 10.1. The summed E-state index contributed by atoms with van der Waals surface area (Å²) >= 11 is 0. The van der Waals surface area contributed by atoms with E-state index >= 15 is 0 Å². The number of rotatable bonds is 6. The molecule has 0 aromatic rings. The molecule has 3 rings (SSSR count). The van der Waals surface area contributed by atoms with E-state index in [4.69, 9.17) is 0 Å². The molecule has 140 valence electrons.